The molecule has 0 amide bonds. The van der Waals surface area contributed by atoms with E-state index in [1.807, 2.05) is 0 Å². The van der Waals surface area contributed by atoms with Crippen molar-refractivity contribution in [3.8, 4) is 33.8 Å². The van der Waals surface area contributed by atoms with E-state index in [4.69, 9.17) is 0 Å². The third-order valence-corrected chi connectivity index (χ3v) is 4.74. The molecule has 134 valence electrons. The molecule has 8 heteroatoms. The molecule has 0 aliphatic carbocycles. The molecule has 0 bridgehead atoms. The second-order valence-electron chi connectivity index (χ2n) is 5.69. The van der Waals surface area contributed by atoms with Crippen molar-refractivity contribution in [1.82, 2.24) is 14.8 Å². The van der Waals surface area contributed by atoms with Gasteiger partial charge in [0, 0.05) is 5.56 Å². The van der Waals surface area contributed by atoms with Gasteiger partial charge in [0.1, 0.15) is 11.3 Å². The van der Waals surface area contributed by atoms with Crippen LogP contribution in [0, 0.1) is 0 Å². The van der Waals surface area contributed by atoms with Crippen LogP contribution in [-0.4, -0.2) is 35.9 Å². The Morgan fingerprint density at radius 2 is 1.67 bits per heavy atom. The first-order valence-corrected chi connectivity index (χ1v) is 8.78. The van der Waals surface area contributed by atoms with Crippen LogP contribution in [0.5, 0.6) is 17.4 Å². The fourth-order valence-corrected chi connectivity index (χ4v) is 3.41. The molecule has 3 N–H and O–H groups in total. The topological polar surface area (TPSA) is 108 Å². The molecule has 7 nitrogen and oxygen atoms in total. The summed E-state index contributed by atoms with van der Waals surface area (Å²) in [5.41, 5.74) is 2.56. The molecule has 0 spiro atoms. The number of aromatic nitrogens is 3. The van der Waals surface area contributed by atoms with Gasteiger partial charge in [0.2, 0.25) is 11.0 Å². The standard InChI is InChI=1S/C19H13N3O4S/c23-13-8-6-11(7-9-13)15-14(16(24)12-4-2-1-3-5-12)17(25)18(26)22(15)19-21-20-10-27-19/h1-10,23,25-26H. The zero-order valence-corrected chi connectivity index (χ0v) is 14.6. The highest BCUT2D eigenvalue weighted by Crippen LogP contribution is 2.44. The van der Waals surface area contributed by atoms with Crippen molar-refractivity contribution in [3.05, 3.63) is 71.2 Å². The van der Waals surface area contributed by atoms with Crippen molar-refractivity contribution in [3.63, 3.8) is 0 Å². The number of carbonyl (C=O) groups is 1. The van der Waals surface area contributed by atoms with E-state index in [9.17, 15) is 20.1 Å². The maximum atomic E-state index is 13.1. The van der Waals surface area contributed by atoms with E-state index >= 15 is 0 Å². The van der Waals surface area contributed by atoms with Crippen LogP contribution >= 0.6 is 11.3 Å². The largest absolute Gasteiger partial charge is 0.508 e. The van der Waals surface area contributed by atoms with Gasteiger partial charge in [0.25, 0.3) is 0 Å². The number of benzene rings is 2. The van der Waals surface area contributed by atoms with Crippen LogP contribution in [0.3, 0.4) is 0 Å². The number of phenols is 1. The molecule has 0 unspecified atom stereocenters. The molecular weight excluding hydrogens is 366 g/mol. The summed E-state index contributed by atoms with van der Waals surface area (Å²) in [6.45, 7) is 0. The number of hydrogen-bond donors (Lipinski definition) is 3. The summed E-state index contributed by atoms with van der Waals surface area (Å²) >= 11 is 1.14. The maximum absolute atomic E-state index is 13.1. The highest BCUT2D eigenvalue weighted by atomic mass is 32.1. The first kappa shape index (κ1) is 16.8. The van der Waals surface area contributed by atoms with Crippen LogP contribution < -0.4 is 0 Å². The summed E-state index contributed by atoms with van der Waals surface area (Å²) in [6, 6.07) is 14.5. The predicted molar refractivity (Wildman–Crippen MR) is 99.5 cm³/mol. The Labute approximate surface area is 157 Å². The second-order valence-corrected chi connectivity index (χ2v) is 6.51. The van der Waals surface area contributed by atoms with Crippen molar-refractivity contribution in [2.75, 3.05) is 0 Å². The molecule has 0 atom stereocenters. The minimum absolute atomic E-state index is 0.0529. The smallest absolute Gasteiger partial charge is 0.242 e. The molecule has 0 saturated carbocycles. The van der Waals surface area contributed by atoms with Crippen molar-refractivity contribution in [2.45, 2.75) is 0 Å². The Morgan fingerprint density at radius 3 is 2.30 bits per heavy atom. The molecule has 0 aliphatic heterocycles. The number of carbonyl (C=O) groups excluding carboxylic acids is 1. The lowest BCUT2D eigenvalue weighted by Crippen LogP contribution is -2.04. The number of rotatable bonds is 4. The van der Waals surface area contributed by atoms with E-state index in [0.717, 1.165) is 11.3 Å². The minimum atomic E-state index is -0.540. The summed E-state index contributed by atoms with van der Waals surface area (Å²) in [6.07, 6.45) is 0. The summed E-state index contributed by atoms with van der Waals surface area (Å²) in [4.78, 5) is 13.1. The van der Waals surface area contributed by atoms with Gasteiger partial charge in [-0.3, -0.25) is 9.36 Å². The Morgan fingerprint density at radius 1 is 0.963 bits per heavy atom. The third-order valence-electron chi connectivity index (χ3n) is 4.06. The average molecular weight is 379 g/mol. The fraction of sp³-hybridized carbons (Fsp3) is 0. The normalized spacial score (nSPS) is 10.8. The van der Waals surface area contributed by atoms with E-state index in [1.165, 1.54) is 22.2 Å². The zero-order chi connectivity index (χ0) is 19.0. The molecule has 0 saturated heterocycles. The van der Waals surface area contributed by atoms with Gasteiger partial charge in [-0.2, -0.15) is 0 Å². The first-order chi connectivity index (χ1) is 13.1. The van der Waals surface area contributed by atoms with Crippen LogP contribution in [0.4, 0.5) is 0 Å². The fourth-order valence-electron chi connectivity index (χ4n) is 2.84. The van der Waals surface area contributed by atoms with Gasteiger partial charge in [-0.25, -0.2) is 0 Å². The molecule has 4 rings (SSSR count). The molecule has 0 fully saturated rings. The van der Waals surface area contributed by atoms with Gasteiger partial charge in [0.05, 0.1) is 11.3 Å². The second kappa shape index (κ2) is 6.58. The minimum Gasteiger partial charge on any atom is -0.508 e. The molecule has 2 heterocycles. The SMILES string of the molecule is O=C(c1ccccc1)c1c(O)c(O)n(-c2nncs2)c1-c1ccc(O)cc1. The Bertz CT molecular complexity index is 1100. The highest BCUT2D eigenvalue weighted by Gasteiger charge is 2.30. The number of aromatic hydroxyl groups is 3. The number of phenolic OH excluding ortho intramolecular Hbond substituents is 1. The lowest BCUT2D eigenvalue weighted by Gasteiger charge is -2.09. The van der Waals surface area contributed by atoms with Crippen molar-refractivity contribution in [1.29, 1.82) is 0 Å². The van der Waals surface area contributed by atoms with Gasteiger partial charge in [-0.15, -0.1) is 10.2 Å². The van der Waals surface area contributed by atoms with Gasteiger partial charge < -0.3 is 15.3 Å². The van der Waals surface area contributed by atoms with Crippen molar-refractivity contribution in [2.24, 2.45) is 0 Å². The summed E-state index contributed by atoms with van der Waals surface area (Å²) in [7, 11) is 0. The quantitative estimate of drug-likeness (QED) is 0.469. The molecule has 0 aliphatic rings. The van der Waals surface area contributed by atoms with Crippen molar-refractivity contribution >= 4 is 17.1 Å². The van der Waals surface area contributed by atoms with E-state index < -0.39 is 17.4 Å². The van der Waals surface area contributed by atoms with Crippen molar-refractivity contribution < 1.29 is 20.1 Å². The van der Waals surface area contributed by atoms with Crippen LogP contribution in [0.2, 0.25) is 0 Å². The van der Waals surface area contributed by atoms with Gasteiger partial charge in [-0.05, 0) is 29.8 Å². The molecular formula is C19H13N3O4S. The third kappa shape index (κ3) is 2.81. The monoisotopic (exact) mass is 379 g/mol. The average Bonchev–Trinajstić information content (AvgIpc) is 3.30. The van der Waals surface area contributed by atoms with Gasteiger partial charge in [0.15, 0.2) is 11.5 Å². The Kier molecular flexibility index (Phi) is 4.09. The maximum Gasteiger partial charge on any atom is 0.242 e. The lowest BCUT2D eigenvalue weighted by atomic mass is 9.99. The highest BCUT2D eigenvalue weighted by molar-refractivity contribution is 7.11. The number of hydrogen-bond acceptors (Lipinski definition) is 7. The van der Waals surface area contributed by atoms with Crippen LogP contribution in [0.25, 0.3) is 16.4 Å². The van der Waals surface area contributed by atoms with E-state index in [2.05, 4.69) is 10.2 Å². The van der Waals surface area contributed by atoms with E-state index in [0.29, 0.717) is 11.1 Å². The van der Waals surface area contributed by atoms with Gasteiger partial charge in [-0.1, -0.05) is 41.7 Å². The van der Waals surface area contributed by atoms with E-state index in [-0.39, 0.29) is 22.1 Å². The zero-order valence-electron chi connectivity index (χ0n) is 13.8. The Balaban J connectivity index is 2.02. The lowest BCUT2D eigenvalue weighted by molar-refractivity contribution is 0.103. The van der Waals surface area contributed by atoms with Crippen LogP contribution in [0.15, 0.2) is 60.1 Å². The summed E-state index contributed by atoms with van der Waals surface area (Å²) in [5, 5.41) is 38.7. The first-order valence-electron chi connectivity index (χ1n) is 7.90. The predicted octanol–water partition coefficient (Wildman–Crippen LogP) is 3.34. The molecule has 2 aromatic carbocycles. The number of ketones is 1. The number of nitrogens with zero attached hydrogens (tertiary/aromatic N) is 3. The summed E-state index contributed by atoms with van der Waals surface area (Å²) in [5.74, 6) is -1.44. The molecule has 2 aromatic heterocycles. The van der Waals surface area contributed by atoms with Crippen LogP contribution in [-0.2, 0) is 0 Å². The molecule has 4 aromatic rings. The molecule has 27 heavy (non-hydrogen) atoms. The van der Waals surface area contributed by atoms with E-state index in [1.54, 1.807) is 42.5 Å². The molecule has 0 radical (unpaired) electrons. The summed E-state index contributed by atoms with van der Waals surface area (Å²) < 4.78 is 1.27. The Hall–Kier alpha value is -3.65. The van der Waals surface area contributed by atoms with Gasteiger partial charge >= 0.3 is 0 Å². The van der Waals surface area contributed by atoms with Crippen LogP contribution in [0.1, 0.15) is 15.9 Å².